The standard InChI is InChI=1S/C7H7N5O3/c1-3-8-2-4(9-3)12-6(14)10-5(13)11-7(12)15/h2H,1H3,(H,8,9)(H2,10,11,13,14,15). The van der Waals surface area contributed by atoms with Crippen molar-refractivity contribution in [2.45, 2.75) is 6.92 Å². The van der Waals surface area contributed by atoms with Crippen LogP contribution < -0.4 is 17.1 Å². The van der Waals surface area contributed by atoms with Crippen molar-refractivity contribution >= 4 is 0 Å². The van der Waals surface area contributed by atoms with Gasteiger partial charge in [0.15, 0.2) is 0 Å². The molecule has 0 aliphatic heterocycles. The van der Waals surface area contributed by atoms with Crippen LogP contribution in [0.2, 0.25) is 0 Å². The molecule has 0 fully saturated rings. The van der Waals surface area contributed by atoms with Crippen LogP contribution in [-0.2, 0) is 0 Å². The minimum atomic E-state index is -0.836. The summed E-state index contributed by atoms with van der Waals surface area (Å²) >= 11 is 0. The molecule has 3 N–H and O–H groups in total. The number of aromatic nitrogens is 5. The number of nitrogens with zero attached hydrogens (tertiary/aromatic N) is 2. The number of aryl methyl sites for hydroxylation is 1. The molecule has 0 saturated carbocycles. The minimum absolute atomic E-state index is 0.204. The van der Waals surface area contributed by atoms with Crippen LogP contribution in [0.1, 0.15) is 5.82 Å². The lowest BCUT2D eigenvalue weighted by Crippen LogP contribution is -2.42. The summed E-state index contributed by atoms with van der Waals surface area (Å²) in [6.45, 7) is 1.68. The second kappa shape index (κ2) is 3.08. The number of aromatic amines is 3. The molecule has 78 valence electrons. The number of nitrogens with one attached hydrogen (secondary N) is 3. The van der Waals surface area contributed by atoms with E-state index in [1.54, 1.807) is 6.92 Å². The van der Waals surface area contributed by atoms with Crippen molar-refractivity contribution in [1.29, 1.82) is 0 Å². The van der Waals surface area contributed by atoms with Crippen molar-refractivity contribution in [3.63, 3.8) is 0 Å². The SMILES string of the molecule is Cc1ncc(-n2c(=O)[nH]c(=O)[nH]c2=O)[nH]1. The van der Waals surface area contributed by atoms with Gasteiger partial charge in [-0.1, -0.05) is 0 Å². The first-order chi connectivity index (χ1) is 7.08. The van der Waals surface area contributed by atoms with E-state index in [0.717, 1.165) is 4.57 Å². The van der Waals surface area contributed by atoms with Gasteiger partial charge in [-0.15, -0.1) is 0 Å². The Hall–Kier alpha value is -2.38. The molecule has 8 nitrogen and oxygen atoms in total. The number of rotatable bonds is 1. The van der Waals surface area contributed by atoms with Crippen LogP contribution >= 0.6 is 0 Å². The average Bonchev–Trinajstić information content (AvgIpc) is 2.49. The van der Waals surface area contributed by atoms with Crippen molar-refractivity contribution < 1.29 is 0 Å². The summed E-state index contributed by atoms with van der Waals surface area (Å²) in [5.74, 6) is 0.762. The van der Waals surface area contributed by atoms with Gasteiger partial charge in [-0.05, 0) is 6.92 Å². The van der Waals surface area contributed by atoms with Crippen molar-refractivity contribution in [1.82, 2.24) is 24.5 Å². The van der Waals surface area contributed by atoms with Crippen LogP contribution in [0.3, 0.4) is 0 Å². The number of hydrogen-bond acceptors (Lipinski definition) is 4. The Morgan fingerprint density at radius 1 is 1.13 bits per heavy atom. The molecule has 0 radical (unpaired) electrons. The number of H-pyrrole nitrogens is 3. The van der Waals surface area contributed by atoms with Crippen LogP contribution in [0.15, 0.2) is 20.6 Å². The third-order valence-electron chi connectivity index (χ3n) is 1.78. The molecular weight excluding hydrogens is 202 g/mol. The zero-order chi connectivity index (χ0) is 11.0. The topological polar surface area (TPSA) is 116 Å². The average molecular weight is 209 g/mol. The van der Waals surface area contributed by atoms with Crippen LogP contribution in [0.5, 0.6) is 0 Å². The molecule has 0 spiro atoms. The van der Waals surface area contributed by atoms with E-state index in [2.05, 4.69) is 9.97 Å². The van der Waals surface area contributed by atoms with Gasteiger partial charge in [-0.2, -0.15) is 4.57 Å². The van der Waals surface area contributed by atoms with Gasteiger partial charge < -0.3 is 4.98 Å². The predicted molar refractivity (Wildman–Crippen MR) is 50.2 cm³/mol. The first-order valence-corrected chi connectivity index (χ1v) is 4.05. The highest BCUT2D eigenvalue weighted by atomic mass is 16.2. The van der Waals surface area contributed by atoms with Gasteiger partial charge in [0.25, 0.3) is 0 Å². The highest BCUT2D eigenvalue weighted by Crippen LogP contribution is 1.95. The van der Waals surface area contributed by atoms with Gasteiger partial charge in [0, 0.05) is 0 Å². The van der Waals surface area contributed by atoms with E-state index in [0.29, 0.717) is 5.82 Å². The summed E-state index contributed by atoms with van der Waals surface area (Å²) in [5.41, 5.74) is -2.46. The maximum atomic E-state index is 11.3. The molecule has 0 saturated heterocycles. The van der Waals surface area contributed by atoms with Crippen LogP contribution in [0.25, 0.3) is 5.82 Å². The molecule has 0 amide bonds. The zero-order valence-electron chi connectivity index (χ0n) is 7.70. The summed E-state index contributed by atoms with van der Waals surface area (Å²) in [5, 5.41) is 0. The van der Waals surface area contributed by atoms with Gasteiger partial charge in [0.05, 0.1) is 6.20 Å². The van der Waals surface area contributed by atoms with Crippen molar-refractivity contribution in [2.24, 2.45) is 0 Å². The molecule has 15 heavy (non-hydrogen) atoms. The Balaban J connectivity index is 2.79. The molecule has 0 atom stereocenters. The smallest absolute Gasteiger partial charge is 0.328 e. The van der Waals surface area contributed by atoms with E-state index < -0.39 is 17.1 Å². The molecular formula is C7H7N5O3. The fraction of sp³-hybridized carbons (Fsp3) is 0.143. The molecule has 0 unspecified atom stereocenters. The van der Waals surface area contributed by atoms with E-state index in [1.807, 2.05) is 9.97 Å². The molecule has 2 heterocycles. The minimum Gasteiger partial charge on any atom is -0.328 e. The first kappa shape index (κ1) is 9.19. The van der Waals surface area contributed by atoms with E-state index in [9.17, 15) is 14.4 Å². The van der Waals surface area contributed by atoms with E-state index in [-0.39, 0.29) is 5.82 Å². The lowest BCUT2D eigenvalue weighted by atomic mass is 10.7. The van der Waals surface area contributed by atoms with E-state index in [4.69, 9.17) is 0 Å². The number of hydrogen-bond donors (Lipinski definition) is 3. The third-order valence-corrected chi connectivity index (χ3v) is 1.78. The van der Waals surface area contributed by atoms with Crippen molar-refractivity contribution in [2.75, 3.05) is 0 Å². The van der Waals surface area contributed by atoms with Gasteiger partial charge in [-0.3, -0.25) is 9.97 Å². The van der Waals surface area contributed by atoms with Crippen molar-refractivity contribution in [3.05, 3.63) is 43.5 Å². The second-order valence-electron chi connectivity index (χ2n) is 2.88. The number of imidazole rings is 1. The quantitative estimate of drug-likeness (QED) is 0.516. The second-order valence-corrected chi connectivity index (χ2v) is 2.88. The van der Waals surface area contributed by atoms with Gasteiger partial charge in [0.1, 0.15) is 11.6 Å². The van der Waals surface area contributed by atoms with Crippen LogP contribution in [-0.4, -0.2) is 24.5 Å². The van der Waals surface area contributed by atoms with Gasteiger partial charge in [-0.25, -0.2) is 19.4 Å². The fourth-order valence-electron chi connectivity index (χ4n) is 1.17. The monoisotopic (exact) mass is 209 g/mol. The van der Waals surface area contributed by atoms with E-state index >= 15 is 0 Å². The Morgan fingerprint density at radius 3 is 2.20 bits per heavy atom. The summed E-state index contributed by atoms with van der Waals surface area (Å²) < 4.78 is 0.751. The fourth-order valence-corrected chi connectivity index (χ4v) is 1.17. The Kier molecular flexibility index (Phi) is 1.89. The summed E-state index contributed by atoms with van der Waals surface area (Å²) in [6, 6.07) is 0. The first-order valence-electron chi connectivity index (χ1n) is 4.05. The highest BCUT2D eigenvalue weighted by molar-refractivity contribution is 5.18. The largest absolute Gasteiger partial charge is 0.339 e. The van der Waals surface area contributed by atoms with E-state index in [1.165, 1.54) is 6.20 Å². The third kappa shape index (κ3) is 1.52. The molecule has 0 aliphatic rings. The lowest BCUT2D eigenvalue weighted by Gasteiger charge is -1.97. The van der Waals surface area contributed by atoms with Crippen molar-refractivity contribution in [3.8, 4) is 5.82 Å². The Labute approximate surface area is 81.6 Å². The van der Waals surface area contributed by atoms with Gasteiger partial charge >= 0.3 is 17.1 Å². The maximum Gasteiger partial charge on any atom is 0.339 e. The summed E-state index contributed by atoms with van der Waals surface area (Å²) in [4.78, 5) is 43.8. The molecule has 0 aliphatic carbocycles. The van der Waals surface area contributed by atoms with Crippen LogP contribution in [0.4, 0.5) is 0 Å². The molecule has 2 aromatic rings. The highest BCUT2D eigenvalue weighted by Gasteiger charge is 2.07. The zero-order valence-corrected chi connectivity index (χ0v) is 7.70. The molecule has 0 bridgehead atoms. The molecule has 8 heteroatoms. The normalized spacial score (nSPS) is 10.5. The Morgan fingerprint density at radius 2 is 1.73 bits per heavy atom. The summed E-state index contributed by atoms with van der Waals surface area (Å²) in [6.07, 6.45) is 1.32. The lowest BCUT2D eigenvalue weighted by molar-refractivity contribution is 0.769. The summed E-state index contributed by atoms with van der Waals surface area (Å²) in [7, 11) is 0. The van der Waals surface area contributed by atoms with Crippen LogP contribution in [0, 0.1) is 6.92 Å². The molecule has 2 aromatic heterocycles. The molecule has 2 rings (SSSR count). The van der Waals surface area contributed by atoms with Gasteiger partial charge in [0.2, 0.25) is 0 Å². The maximum absolute atomic E-state index is 11.3. The Bertz CT molecular complexity index is 624. The molecule has 0 aromatic carbocycles. The predicted octanol–water partition coefficient (Wildman–Crippen LogP) is -1.75.